The van der Waals surface area contributed by atoms with Gasteiger partial charge < -0.3 is 9.84 Å². The van der Waals surface area contributed by atoms with Crippen molar-refractivity contribution in [3.63, 3.8) is 0 Å². The molecule has 0 fully saturated rings. The van der Waals surface area contributed by atoms with Gasteiger partial charge in [0.2, 0.25) is 5.96 Å². The summed E-state index contributed by atoms with van der Waals surface area (Å²) in [5.41, 5.74) is 4.44. The molecule has 0 aliphatic heterocycles. The van der Waals surface area contributed by atoms with E-state index >= 15 is 0 Å². The predicted molar refractivity (Wildman–Crippen MR) is 62.8 cm³/mol. The molecule has 0 saturated heterocycles. The van der Waals surface area contributed by atoms with Gasteiger partial charge in [-0.25, -0.2) is 5.84 Å². The lowest BCUT2D eigenvalue weighted by molar-refractivity contribution is 0.391. The van der Waals surface area contributed by atoms with Gasteiger partial charge >= 0.3 is 0 Å². The van der Waals surface area contributed by atoms with E-state index < -0.39 is 0 Å². The van der Waals surface area contributed by atoms with Crippen LogP contribution < -0.4 is 16.6 Å². The maximum Gasteiger partial charge on any atom is 0.206 e. The summed E-state index contributed by atoms with van der Waals surface area (Å²) in [4.78, 5) is 4.17. The number of guanidine groups is 1. The standard InChI is InChI=1S/C10H19N5O/c1-5-12-10(14-11)13-6(2)9-7(3)15-16-8(9)4/h6H,5,11H2,1-4H3,(H2,12,13,14). The van der Waals surface area contributed by atoms with Crippen LogP contribution in [0.1, 0.15) is 36.9 Å². The number of nitrogens with zero attached hydrogens (tertiary/aromatic N) is 2. The second-order valence-corrected chi connectivity index (χ2v) is 3.57. The summed E-state index contributed by atoms with van der Waals surface area (Å²) in [5.74, 6) is 6.73. The number of nitrogens with two attached hydrogens (primary N) is 1. The van der Waals surface area contributed by atoms with E-state index in [9.17, 15) is 0 Å². The first-order chi connectivity index (χ1) is 7.60. The minimum Gasteiger partial charge on any atom is -0.361 e. The van der Waals surface area contributed by atoms with Crippen molar-refractivity contribution in [1.82, 2.24) is 15.9 Å². The molecule has 0 radical (unpaired) electrons. The molecule has 1 unspecified atom stereocenters. The van der Waals surface area contributed by atoms with Gasteiger partial charge in [-0.3, -0.25) is 10.4 Å². The Balaban J connectivity index is 2.79. The Hall–Kier alpha value is -1.56. The second-order valence-electron chi connectivity index (χ2n) is 3.57. The van der Waals surface area contributed by atoms with Crippen molar-refractivity contribution in [2.24, 2.45) is 10.8 Å². The summed E-state index contributed by atoms with van der Waals surface area (Å²) in [6.45, 7) is 8.42. The van der Waals surface area contributed by atoms with Crippen LogP contribution in [0.3, 0.4) is 0 Å². The summed E-state index contributed by atoms with van der Waals surface area (Å²) < 4.78 is 5.11. The Morgan fingerprint density at radius 3 is 2.69 bits per heavy atom. The van der Waals surface area contributed by atoms with E-state index in [0.717, 1.165) is 17.0 Å². The molecule has 1 heterocycles. The highest BCUT2D eigenvalue weighted by Gasteiger charge is 2.16. The number of rotatable bonds is 3. The Morgan fingerprint density at radius 1 is 1.56 bits per heavy atom. The van der Waals surface area contributed by atoms with Crippen LogP contribution in [0.5, 0.6) is 0 Å². The van der Waals surface area contributed by atoms with E-state index in [1.54, 1.807) is 0 Å². The van der Waals surface area contributed by atoms with Crippen molar-refractivity contribution in [3.05, 3.63) is 17.0 Å². The smallest absolute Gasteiger partial charge is 0.206 e. The molecule has 4 N–H and O–H groups in total. The third-order valence-electron chi connectivity index (χ3n) is 2.33. The van der Waals surface area contributed by atoms with Gasteiger partial charge in [-0.05, 0) is 27.7 Å². The number of aliphatic imine (C=N–C) groups is 1. The third-order valence-corrected chi connectivity index (χ3v) is 2.33. The molecule has 0 bridgehead atoms. The predicted octanol–water partition coefficient (Wildman–Crippen LogP) is 0.781. The molecule has 0 aliphatic carbocycles. The van der Waals surface area contributed by atoms with Gasteiger partial charge in [-0.15, -0.1) is 0 Å². The van der Waals surface area contributed by atoms with E-state index in [0.29, 0.717) is 12.5 Å². The summed E-state index contributed by atoms with van der Waals surface area (Å²) >= 11 is 0. The van der Waals surface area contributed by atoms with Gasteiger partial charge in [0.25, 0.3) is 0 Å². The lowest BCUT2D eigenvalue weighted by Crippen LogP contribution is -2.42. The summed E-state index contributed by atoms with van der Waals surface area (Å²) in [6.07, 6.45) is 0. The van der Waals surface area contributed by atoms with Crippen LogP contribution in [0.25, 0.3) is 0 Å². The molecule has 6 nitrogen and oxygen atoms in total. The van der Waals surface area contributed by atoms with Crippen molar-refractivity contribution in [3.8, 4) is 0 Å². The molecule has 0 spiro atoms. The average molecular weight is 225 g/mol. The molecule has 16 heavy (non-hydrogen) atoms. The largest absolute Gasteiger partial charge is 0.361 e. The van der Waals surface area contributed by atoms with Gasteiger partial charge in [-0.1, -0.05) is 5.16 Å². The number of nitrogens with one attached hydrogen (secondary N) is 2. The Kier molecular flexibility index (Phi) is 4.30. The molecular formula is C10H19N5O. The Bertz CT molecular complexity index is 352. The van der Waals surface area contributed by atoms with Crippen molar-refractivity contribution in [2.45, 2.75) is 33.7 Å². The van der Waals surface area contributed by atoms with Crippen LogP contribution in [-0.2, 0) is 0 Å². The van der Waals surface area contributed by atoms with E-state index in [2.05, 4.69) is 20.9 Å². The highest BCUT2D eigenvalue weighted by atomic mass is 16.5. The first-order valence-corrected chi connectivity index (χ1v) is 5.30. The maximum absolute atomic E-state index is 5.35. The molecule has 1 aromatic rings. The SMILES string of the molecule is CCN=C(NN)NC(C)c1c(C)noc1C. The molecule has 1 rings (SSSR count). The second kappa shape index (κ2) is 5.50. The average Bonchev–Trinajstić information content (AvgIpc) is 2.57. The zero-order valence-electron chi connectivity index (χ0n) is 10.2. The monoisotopic (exact) mass is 225 g/mol. The van der Waals surface area contributed by atoms with Crippen LogP contribution in [-0.4, -0.2) is 17.7 Å². The van der Waals surface area contributed by atoms with E-state index in [-0.39, 0.29) is 6.04 Å². The molecule has 0 amide bonds. The van der Waals surface area contributed by atoms with E-state index in [1.807, 2.05) is 27.7 Å². The number of hydrogen-bond donors (Lipinski definition) is 3. The van der Waals surface area contributed by atoms with Crippen LogP contribution in [0.4, 0.5) is 0 Å². The van der Waals surface area contributed by atoms with Crippen molar-refractivity contribution >= 4 is 5.96 Å². The minimum atomic E-state index is 0.0487. The van der Waals surface area contributed by atoms with E-state index in [1.165, 1.54) is 0 Å². The number of aryl methyl sites for hydroxylation is 2. The normalized spacial score (nSPS) is 13.7. The number of aromatic nitrogens is 1. The molecule has 0 aliphatic rings. The van der Waals surface area contributed by atoms with Crippen LogP contribution in [0.15, 0.2) is 9.52 Å². The minimum absolute atomic E-state index is 0.0487. The number of hydrogen-bond acceptors (Lipinski definition) is 4. The first kappa shape index (κ1) is 12.5. The molecule has 1 atom stereocenters. The molecule has 0 aromatic carbocycles. The molecule has 0 saturated carbocycles. The van der Waals surface area contributed by atoms with Crippen LogP contribution in [0.2, 0.25) is 0 Å². The van der Waals surface area contributed by atoms with E-state index in [4.69, 9.17) is 10.4 Å². The van der Waals surface area contributed by atoms with Crippen LogP contribution >= 0.6 is 0 Å². The van der Waals surface area contributed by atoms with Gasteiger partial charge in [-0.2, -0.15) is 0 Å². The summed E-state index contributed by atoms with van der Waals surface area (Å²) in [5, 5.41) is 7.08. The quantitative estimate of drug-likeness (QED) is 0.306. The van der Waals surface area contributed by atoms with Gasteiger partial charge in [0, 0.05) is 12.1 Å². The Morgan fingerprint density at radius 2 is 2.25 bits per heavy atom. The highest BCUT2D eigenvalue weighted by molar-refractivity contribution is 5.79. The molecule has 1 aromatic heterocycles. The lowest BCUT2D eigenvalue weighted by Gasteiger charge is -2.16. The zero-order chi connectivity index (χ0) is 12.1. The van der Waals surface area contributed by atoms with Gasteiger partial charge in [0.1, 0.15) is 5.76 Å². The number of hydrazine groups is 1. The fourth-order valence-electron chi connectivity index (χ4n) is 1.68. The van der Waals surface area contributed by atoms with Gasteiger partial charge in [0.15, 0.2) is 0 Å². The molecule has 6 heteroatoms. The van der Waals surface area contributed by atoms with Crippen molar-refractivity contribution < 1.29 is 4.52 Å². The van der Waals surface area contributed by atoms with Gasteiger partial charge in [0.05, 0.1) is 11.7 Å². The topological polar surface area (TPSA) is 88.5 Å². The zero-order valence-corrected chi connectivity index (χ0v) is 10.2. The fourth-order valence-corrected chi connectivity index (χ4v) is 1.68. The maximum atomic E-state index is 5.35. The highest BCUT2D eigenvalue weighted by Crippen LogP contribution is 2.20. The lowest BCUT2D eigenvalue weighted by atomic mass is 10.1. The van der Waals surface area contributed by atoms with Crippen LogP contribution in [0, 0.1) is 13.8 Å². The Labute approximate surface area is 95.3 Å². The molecule has 90 valence electrons. The summed E-state index contributed by atoms with van der Waals surface area (Å²) in [6, 6.07) is 0.0487. The molecular weight excluding hydrogens is 206 g/mol. The first-order valence-electron chi connectivity index (χ1n) is 5.30. The summed E-state index contributed by atoms with van der Waals surface area (Å²) in [7, 11) is 0. The third kappa shape index (κ3) is 2.73. The fraction of sp³-hybridized carbons (Fsp3) is 0.600. The van der Waals surface area contributed by atoms with Crippen molar-refractivity contribution in [2.75, 3.05) is 6.54 Å². The van der Waals surface area contributed by atoms with Crippen molar-refractivity contribution in [1.29, 1.82) is 0 Å².